The zero-order valence-corrected chi connectivity index (χ0v) is 16.7. The van der Waals surface area contributed by atoms with Crippen molar-refractivity contribution in [3.8, 4) is 18.1 Å². The van der Waals surface area contributed by atoms with Crippen molar-refractivity contribution in [2.24, 2.45) is 0 Å². The molecule has 1 atom stereocenters. The summed E-state index contributed by atoms with van der Waals surface area (Å²) in [5.41, 5.74) is -0.186. The molecule has 3 nitrogen and oxygen atoms in total. The number of hydrogen-bond donors (Lipinski definition) is 0. The van der Waals surface area contributed by atoms with Crippen LogP contribution in [0.2, 0.25) is 0 Å². The molecule has 0 saturated carbocycles. The molecule has 0 saturated heterocycles. The van der Waals surface area contributed by atoms with Crippen molar-refractivity contribution < 1.29 is 51.0 Å². The van der Waals surface area contributed by atoms with E-state index in [1.54, 1.807) is 0 Å². The van der Waals surface area contributed by atoms with Crippen molar-refractivity contribution in [2.45, 2.75) is 10.3 Å². The first-order chi connectivity index (χ1) is 9.95. The van der Waals surface area contributed by atoms with Gasteiger partial charge in [0.2, 0.25) is 5.91 Å². The fourth-order valence-electron chi connectivity index (χ4n) is 1.95. The summed E-state index contributed by atoms with van der Waals surface area (Å²) >= 11 is 1.97. The summed E-state index contributed by atoms with van der Waals surface area (Å²) in [6, 6.07) is 2.08. The Morgan fingerprint density at radius 2 is 2.09 bits per heavy atom. The summed E-state index contributed by atoms with van der Waals surface area (Å²) in [4.78, 5) is 13.1. The molecule has 1 unspecified atom stereocenters. The number of carbonyl (C=O) groups excluding carboxylic acids is 1. The number of benzene rings is 1. The number of hydrogen-bond acceptors (Lipinski definition) is 2. The van der Waals surface area contributed by atoms with Crippen molar-refractivity contribution in [1.29, 1.82) is 0 Å². The number of terminal acetylenes is 1. The van der Waals surface area contributed by atoms with Crippen LogP contribution >= 0.6 is 22.6 Å². The van der Waals surface area contributed by atoms with Crippen molar-refractivity contribution in [3.05, 3.63) is 35.4 Å². The molecule has 1 aliphatic heterocycles. The normalized spacial score (nSPS) is 17.4. The minimum atomic E-state index is -0.823. The van der Waals surface area contributed by atoms with E-state index < -0.39 is 11.6 Å². The van der Waals surface area contributed by atoms with E-state index in [-0.39, 0.29) is 66.2 Å². The molecule has 0 aliphatic carbocycles. The van der Waals surface area contributed by atoms with Gasteiger partial charge in [-0.05, 0) is 12.1 Å². The van der Waals surface area contributed by atoms with Crippen molar-refractivity contribution >= 4 is 34.2 Å². The van der Waals surface area contributed by atoms with Crippen LogP contribution < -0.4 is 4.74 Å². The van der Waals surface area contributed by atoms with Gasteiger partial charge in [-0.25, -0.2) is 14.9 Å². The van der Waals surface area contributed by atoms with Crippen LogP contribution in [0, 0.1) is 30.1 Å². The molecule has 2 rings (SSSR count). The Balaban J connectivity index is 0.00000242. The molecule has 1 aromatic carbocycles. The smallest absolute Gasteiger partial charge is 0.235 e. The number of halogens is 3. The summed E-state index contributed by atoms with van der Waals surface area (Å²) < 4.78 is 33.0. The van der Waals surface area contributed by atoms with Gasteiger partial charge in [-0.15, -0.1) is 12.1 Å². The number of carbonyl (C=O) groups is 1. The number of rotatable bonds is 3. The monoisotopic (exact) mass is 491 g/mol. The molecular formula is C15H11F2INO2Y-. The second-order valence-electron chi connectivity index (χ2n) is 4.35. The van der Waals surface area contributed by atoms with Crippen molar-refractivity contribution in [2.75, 3.05) is 13.7 Å². The van der Waals surface area contributed by atoms with E-state index in [0.29, 0.717) is 6.42 Å². The predicted molar refractivity (Wildman–Crippen MR) is 82.5 cm³/mol. The minimum absolute atomic E-state index is 0. The molecular weight excluding hydrogens is 480 g/mol. The van der Waals surface area contributed by atoms with E-state index in [4.69, 9.17) is 11.2 Å². The van der Waals surface area contributed by atoms with Crippen LogP contribution in [0.5, 0.6) is 5.75 Å². The maximum atomic E-state index is 14.1. The van der Waals surface area contributed by atoms with E-state index in [1.165, 1.54) is 11.9 Å². The number of ether oxygens (including phenoxy) is 1. The first kappa shape index (κ1) is 19.5. The van der Waals surface area contributed by atoms with Gasteiger partial charge in [0.15, 0.2) is 0 Å². The average Bonchev–Trinajstić information content (AvgIpc) is 2.44. The van der Waals surface area contributed by atoms with Gasteiger partial charge in [0.25, 0.3) is 0 Å². The molecule has 0 N–H and O–H groups in total. The van der Waals surface area contributed by atoms with Crippen molar-refractivity contribution in [3.63, 3.8) is 0 Å². The summed E-state index contributed by atoms with van der Waals surface area (Å²) in [7, 11) is 1.47. The topological polar surface area (TPSA) is 29.5 Å². The maximum absolute atomic E-state index is 14.1. The molecule has 0 spiro atoms. The Kier molecular flexibility index (Phi) is 7.43. The minimum Gasteiger partial charge on any atom is -0.481 e. The number of alkyl halides is 1. The number of nitrogens with zero attached hydrogens (tertiary/aromatic N) is 1. The first-order valence-electron chi connectivity index (χ1n) is 6.03. The second kappa shape index (κ2) is 8.37. The molecule has 0 fully saturated rings. The van der Waals surface area contributed by atoms with E-state index in [1.807, 2.05) is 22.6 Å². The third-order valence-corrected chi connectivity index (χ3v) is 3.93. The Bertz CT molecular complexity index is 634. The van der Waals surface area contributed by atoms with E-state index >= 15 is 0 Å². The van der Waals surface area contributed by atoms with E-state index in [9.17, 15) is 13.6 Å². The zero-order valence-electron chi connectivity index (χ0n) is 11.7. The molecule has 1 heterocycles. The molecule has 0 aromatic heterocycles. The number of amides is 1. The predicted octanol–water partition coefficient (Wildman–Crippen LogP) is 2.78. The van der Waals surface area contributed by atoms with Crippen LogP contribution in [0.25, 0.3) is 5.70 Å². The van der Waals surface area contributed by atoms with Crippen LogP contribution in [0.4, 0.5) is 8.78 Å². The van der Waals surface area contributed by atoms with Crippen LogP contribution in [-0.4, -0.2) is 28.4 Å². The number of allylic oxidation sites excluding steroid dienone is 1. The van der Waals surface area contributed by atoms with Gasteiger partial charge >= 0.3 is 0 Å². The Hall–Kier alpha value is -0.516. The third kappa shape index (κ3) is 4.06. The summed E-state index contributed by atoms with van der Waals surface area (Å²) in [6.07, 6.45) is 8.21. The van der Waals surface area contributed by atoms with Gasteiger partial charge in [-0.1, -0.05) is 40.5 Å². The third-order valence-electron chi connectivity index (χ3n) is 2.96. The average molecular weight is 491 g/mol. The zero-order chi connectivity index (χ0) is 15.6. The summed E-state index contributed by atoms with van der Waals surface area (Å²) in [6.45, 7) is -0.0814. The van der Waals surface area contributed by atoms with Gasteiger partial charge in [0.05, 0.1) is 15.6 Å². The Morgan fingerprint density at radius 1 is 1.50 bits per heavy atom. The fourth-order valence-corrected chi connectivity index (χ4v) is 2.59. The molecule has 1 aliphatic rings. The van der Waals surface area contributed by atoms with Gasteiger partial charge in [-0.3, -0.25) is 4.79 Å². The second-order valence-corrected chi connectivity index (χ2v) is 5.85. The molecule has 1 aromatic rings. The standard InChI is InChI=1S/C15H11F2INO2.Y/c1-3-6-21-9-7-10(16)14(11(17)8-9)13-5-4-12(18)15(20)19(13)2;/h1,7-8,12H,4,6H2,2H3;/q-1;. The van der Waals surface area contributed by atoms with Crippen LogP contribution in [0.15, 0.2) is 12.1 Å². The van der Waals surface area contributed by atoms with Gasteiger partial charge in [0, 0.05) is 39.8 Å². The van der Waals surface area contributed by atoms with Crippen LogP contribution in [-0.2, 0) is 37.5 Å². The van der Waals surface area contributed by atoms with Gasteiger partial charge in [0.1, 0.15) is 12.4 Å². The van der Waals surface area contributed by atoms with E-state index in [0.717, 1.165) is 12.1 Å². The molecule has 0 bridgehead atoms. The molecule has 22 heavy (non-hydrogen) atoms. The van der Waals surface area contributed by atoms with E-state index in [2.05, 4.69) is 12.0 Å². The quantitative estimate of drug-likeness (QED) is 0.282. The molecule has 7 heteroatoms. The Labute approximate surface area is 166 Å². The molecule has 113 valence electrons. The van der Waals surface area contributed by atoms with Crippen LogP contribution in [0.1, 0.15) is 12.0 Å². The molecule has 1 radical (unpaired) electrons. The largest absolute Gasteiger partial charge is 0.481 e. The fraction of sp³-hybridized carbons (Fsp3) is 0.267. The SMILES string of the molecule is C#CCOc1cc(F)c(C2=[C-]CC(I)C(=O)N2C)c(F)c1.[Y]. The maximum Gasteiger partial charge on any atom is 0.235 e. The summed E-state index contributed by atoms with van der Waals surface area (Å²) in [5.74, 6) is 0.358. The Morgan fingerprint density at radius 3 is 2.64 bits per heavy atom. The molecule has 1 amide bonds. The van der Waals surface area contributed by atoms with Crippen LogP contribution in [0.3, 0.4) is 0 Å². The van der Waals surface area contributed by atoms with Gasteiger partial charge < -0.3 is 9.64 Å². The van der Waals surface area contributed by atoms with Gasteiger partial charge in [-0.2, -0.15) is 0 Å². The summed E-state index contributed by atoms with van der Waals surface area (Å²) in [5, 5.41) is 0. The first-order valence-corrected chi connectivity index (χ1v) is 7.28. The van der Waals surface area contributed by atoms with Crippen molar-refractivity contribution in [1.82, 2.24) is 4.90 Å².